The van der Waals surface area contributed by atoms with Gasteiger partial charge in [-0.05, 0) is 6.92 Å². The molecule has 8 heteroatoms. The first-order valence-electron chi connectivity index (χ1n) is 5.30. The summed E-state index contributed by atoms with van der Waals surface area (Å²) in [6, 6.07) is -0.125. The number of aromatic amines is 1. The Bertz CT molecular complexity index is 463. The van der Waals surface area contributed by atoms with Gasteiger partial charge in [-0.25, -0.2) is 5.10 Å². The Kier molecular flexibility index (Phi) is 5.60. The Morgan fingerprint density at radius 2 is 2.44 bits per heavy atom. The van der Waals surface area contributed by atoms with Crippen LogP contribution in [0.4, 0.5) is 5.69 Å². The molecule has 0 radical (unpaired) electrons. The number of carboxylic acid groups (broad SMARTS) is 1. The van der Waals surface area contributed by atoms with Crippen LogP contribution in [0.2, 0.25) is 5.02 Å². The minimum absolute atomic E-state index is 0.0300. The lowest BCUT2D eigenvalue weighted by atomic mass is 10.3. The standard InChI is InChI=1S/C10H14ClN3O4/c1-6(5-18-3-2-8(15)16)13-7-4-12-14-10(17)9(7)11/h4,6H,2-3,5H2,1H3,(H,15,16)(H2,13,14,17)/t6-/m1/s1. The first kappa shape index (κ1) is 14.5. The van der Waals surface area contributed by atoms with Crippen LogP contribution in [0.1, 0.15) is 13.3 Å². The molecule has 0 aliphatic carbocycles. The van der Waals surface area contributed by atoms with Gasteiger partial charge in [-0.3, -0.25) is 9.59 Å². The maximum Gasteiger partial charge on any atom is 0.305 e. The zero-order valence-corrected chi connectivity index (χ0v) is 10.5. The lowest BCUT2D eigenvalue weighted by molar-refractivity contribution is -0.138. The van der Waals surface area contributed by atoms with Gasteiger partial charge < -0.3 is 15.2 Å². The molecular weight excluding hydrogens is 262 g/mol. The summed E-state index contributed by atoms with van der Waals surface area (Å²) in [5, 5.41) is 17.2. The second-order valence-electron chi connectivity index (χ2n) is 3.69. The fourth-order valence-corrected chi connectivity index (χ4v) is 1.36. The van der Waals surface area contributed by atoms with E-state index in [1.54, 1.807) is 0 Å². The number of nitrogens with one attached hydrogen (secondary N) is 2. The average molecular weight is 276 g/mol. The number of carbonyl (C=O) groups is 1. The molecule has 0 unspecified atom stereocenters. The van der Waals surface area contributed by atoms with Crippen molar-refractivity contribution in [1.82, 2.24) is 10.2 Å². The van der Waals surface area contributed by atoms with Crippen LogP contribution in [0.5, 0.6) is 0 Å². The maximum absolute atomic E-state index is 11.2. The first-order chi connectivity index (χ1) is 8.50. The van der Waals surface area contributed by atoms with Crippen molar-refractivity contribution >= 4 is 23.3 Å². The number of nitrogens with zero attached hydrogens (tertiary/aromatic N) is 1. The molecule has 0 saturated carbocycles. The van der Waals surface area contributed by atoms with E-state index in [0.717, 1.165) is 0 Å². The molecule has 0 fully saturated rings. The summed E-state index contributed by atoms with van der Waals surface area (Å²) in [6.07, 6.45) is 1.36. The van der Waals surface area contributed by atoms with E-state index in [0.29, 0.717) is 12.3 Å². The molecule has 7 nitrogen and oxygen atoms in total. The van der Waals surface area contributed by atoms with Crippen molar-refractivity contribution in [2.24, 2.45) is 0 Å². The molecule has 0 amide bonds. The van der Waals surface area contributed by atoms with Gasteiger partial charge in [0.15, 0.2) is 0 Å². The molecule has 100 valence electrons. The third-order valence-corrected chi connectivity index (χ3v) is 2.40. The number of ether oxygens (including phenoxy) is 1. The largest absolute Gasteiger partial charge is 0.481 e. The van der Waals surface area contributed by atoms with Crippen LogP contribution < -0.4 is 10.9 Å². The van der Waals surface area contributed by atoms with Crippen LogP contribution in [-0.2, 0) is 9.53 Å². The number of H-pyrrole nitrogens is 1. The van der Waals surface area contributed by atoms with Crippen molar-refractivity contribution in [3.8, 4) is 0 Å². The van der Waals surface area contributed by atoms with Crippen LogP contribution in [0.3, 0.4) is 0 Å². The molecular formula is C10H14ClN3O4. The molecule has 0 aromatic carbocycles. The van der Waals surface area contributed by atoms with E-state index in [4.69, 9.17) is 21.4 Å². The Morgan fingerprint density at radius 1 is 1.72 bits per heavy atom. The summed E-state index contributed by atoms with van der Waals surface area (Å²) in [7, 11) is 0. The van der Waals surface area contributed by atoms with Crippen molar-refractivity contribution in [1.29, 1.82) is 0 Å². The quantitative estimate of drug-likeness (QED) is 0.633. The van der Waals surface area contributed by atoms with Gasteiger partial charge in [0.25, 0.3) is 5.56 Å². The number of aromatic nitrogens is 2. The second-order valence-corrected chi connectivity index (χ2v) is 4.07. The Morgan fingerprint density at radius 3 is 3.11 bits per heavy atom. The summed E-state index contributed by atoms with van der Waals surface area (Å²) in [5.41, 5.74) is -0.0598. The van der Waals surface area contributed by atoms with Crippen molar-refractivity contribution in [2.45, 2.75) is 19.4 Å². The fraction of sp³-hybridized carbons (Fsp3) is 0.500. The number of hydrogen-bond donors (Lipinski definition) is 3. The van der Waals surface area contributed by atoms with E-state index in [-0.39, 0.29) is 24.1 Å². The van der Waals surface area contributed by atoms with Gasteiger partial charge in [-0.1, -0.05) is 11.6 Å². The molecule has 1 aromatic heterocycles. The van der Waals surface area contributed by atoms with Gasteiger partial charge >= 0.3 is 5.97 Å². The van der Waals surface area contributed by atoms with Crippen LogP contribution >= 0.6 is 11.6 Å². The van der Waals surface area contributed by atoms with Crippen molar-refractivity contribution < 1.29 is 14.6 Å². The zero-order chi connectivity index (χ0) is 13.5. The monoisotopic (exact) mass is 275 g/mol. The van der Waals surface area contributed by atoms with E-state index in [9.17, 15) is 9.59 Å². The van der Waals surface area contributed by atoms with Crippen molar-refractivity contribution in [3.05, 3.63) is 21.6 Å². The molecule has 1 aromatic rings. The molecule has 0 saturated heterocycles. The first-order valence-corrected chi connectivity index (χ1v) is 5.67. The summed E-state index contributed by atoms with van der Waals surface area (Å²) in [4.78, 5) is 21.4. The van der Waals surface area contributed by atoms with Crippen molar-refractivity contribution in [2.75, 3.05) is 18.5 Å². The van der Waals surface area contributed by atoms with E-state index in [1.165, 1.54) is 6.20 Å². The lowest BCUT2D eigenvalue weighted by Gasteiger charge is -2.15. The number of carboxylic acids is 1. The Labute approximate surface area is 108 Å². The summed E-state index contributed by atoms with van der Waals surface area (Å²) < 4.78 is 5.16. The SMILES string of the molecule is C[C@H](COCCC(=O)O)Nc1cn[nH]c(=O)c1Cl. The third-order valence-electron chi connectivity index (χ3n) is 2.03. The molecule has 0 spiro atoms. The normalized spacial score (nSPS) is 12.1. The smallest absolute Gasteiger partial charge is 0.305 e. The highest BCUT2D eigenvalue weighted by atomic mass is 35.5. The zero-order valence-electron chi connectivity index (χ0n) is 9.77. The molecule has 0 aliphatic heterocycles. The molecule has 0 bridgehead atoms. The van der Waals surface area contributed by atoms with Crippen LogP contribution in [-0.4, -0.2) is 40.5 Å². The third kappa shape index (κ3) is 4.72. The number of aliphatic carboxylic acids is 1. The number of anilines is 1. The minimum Gasteiger partial charge on any atom is -0.481 e. The molecule has 1 rings (SSSR count). The number of halogens is 1. The van der Waals surface area contributed by atoms with Gasteiger partial charge in [-0.15, -0.1) is 0 Å². The molecule has 3 N–H and O–H groups in total. The van der Waals surface area contributed by atoms with Crippen LogP contribution in [0.25, 0.3) is 0 Å². The van der Waals surface area contributed by atoms with E-state index in [1.807, 2.05) is 6.92 Å². The highest BCUT2D eigenvalue weighted by Crippen LogP contribution is 2.15. The average Bonchev–Trinajstić information content (AvgIpc) is 2.30. The van der Waals surface area contributed by atoms with Crippen LogP contribution in [0.15, 0.2) is 11.0 Å². The van der Waals surface area contributed by atoms with Gasteiger partial charge in [-0.2, -0.15) is 5.10 Å². The fourth-order valence-electron chi connectivity index (χ4n) is 1.21. The highest BCUT2D eigenvalue weighted by Gasteiger charge is 2.08. The van der Waals surface area contributed by atoms with E-state index < -0.39 is 11.5 Å². The minimum atomic E-state index is -0.905. The lowest BCUT2D eigenvalue weighted by Crippen LogP contribution is -2.24. The van der Waals surface area contributed by atoms with Crippen molar-refractivity contribution in [3.63, 3.8) is 0 Å². The van der Waals surface area contributed by atoms with E-state index >= 15 is 0 Å². The Balaban J connectivity index is 2.40. The molecule has 18 heavy (non-hydrogen) atoms. The molecule has 1 atom stereocenters. The highest BCUT2D eigenvalue weighted by molar-refractivity contribution is 6.32. The number of hydrogen-bond acceptors (Lipinski definition) is 5. The predicted molar refractivity (Wildman–Crippen MR) is 66.0 cm³/mol. The topological polar surface area (TPSA) is 104 Å². The van der Waals surface area contributed by atoms with Gasteiger partial charge in [0.05, 0.1) is 31.5 Å². The summed E-state index contributed by atoms with van der Waals surface area (Å²) in [6.45, 7) is 2.26. The van der Waals surface area contributed by atoms with Gasteiger partial charge in [0.2, 0.25) is 0 Å². The molecule has 0 aliphatic rings. The van der Waals surface area contributed by atoms with Crippen LogP contribution in [0, 0.1) is 0 Å². The maximum atomic E-state index is 11.2. The van der Waals surface area contributed by atoms with Gasteiger partial charge in [0, 0.05) is 6.04 Å². The summed E-state index contributed by atoms with van der Waals surface area (Å²) >= 11 is 5.78. The second kappa shape index (κ2) is 6.97. The van der Waals surface area contributed by atoms with E-state index in [2.05, 4.69) is 15.5 Å². The number of rotatable bonds is 7. The van der Waals surface area contributed by atoms with Gasteiger partial charge in [0.1, 0.15) is 5.02 Å². The molecule has 1 heterocycles. The predicted octanol–water partition coefficient (Wildman–Crippen LogP) is 0.715. The Hall–Kier alpha value is -1.60. The summed E-state index contributed by atoms with van der Waals surface area (Å²) in [5.74, 6) is -0.905.